The molecule has 0 aliphatic heterocycles. The maximum absolute atomic E-state index is 12.5. The third kappa shape index (κ3) is 6.45. The number of hydrogen-bond acceptors (Lipinski definition) is 14. The summed E-state index contributed by atoms with van der Waals surface area (Å²) in [6.07, 6.45) is 0. The number of hydrogen-bond donors (Lipinski definition) is 6. The zero-order valence-corrected chi connectivity index (χ0v) is 26.0. The highest BCUT2D eigenvalue weighted by atomic mass is 35.5. The Hall–Kier alpha value is -1.92. The molecule has 0 saturated carbocycles. The van der Waals surface area contributed by atoms with Crippen LogP contribution in [-0.4, -0.2) is 92.0 Å². The van der Waals surface area contributed by atoms with Crippen molar-refractivity contribution >= 4 is 83.9 Å². The molecule has 0 saturated heterocycles. The third-order valence-electron chi connectivity index (χ3n) is 4.74. The van der Waals surface area contributed by atoms with Crippen LogP contribution in [0.1, 0.15) is 0 Å². The van der Waals surface area contributed by atoms with Crippen LogP contribution in [-0.2, 0) is 60.7 Å². The van der Waals surface area contributed by atoms with Crippen molar-refractivity contribution in [2.75, 3.05) is 14.2 Å². The van der Waals surface area contributed by atoms with Crippen molar-refractivity contribution in [3.63, 3.8) is 0 Å². The fraction of sp³-hybridized carbons (Fsp3) is 0.143. The zero-order valence-electron chi connectivity index (χ0n) is 19.6. The highest BCUT2D eigenvalue weighted by Crippen LogP contribution is 2.55. The summed E-state index contributed by atoms with van der Waals surface area (Å²) in [6.45, 7) is 0. The SMILES string of the molecule is COc1c(Cl)c(S(=O)(=O)O)c(S(=O)(=O)O)c(-c2c(S(=O)(=O)O)c(OC)c(Cl)c(S(=O)(=O)O)c2S(=O)(=O)O)c1S(=O)(=O)O. The topological polar surface area (TPSA) is 345 Å². The molecule has 0 unspecified atom stereocenters. The van der Waals surface area contributed by atoms with Gasteiger partial charge < -0.3 is 9.47 Å². The van der Waals surface area contributed by atoms with Crippen LogP contribution >= 0.6 is 23.2 Å². The van der Waals surface area contributed by atoms with Gasteiger partial charge in [0.15, 0.2) is 11.5 Å². The first-order valence-electron chi connectivity index (χ1n) is 9.17. The molecule has 2 aromatic rings. The second-order valence-electron chi connectivity index (χ2n) is 7.27. The Balaban J connectivity index is 4.10. The van der Waals surface area contributed by atoms with Crippen molar-refractivity contribution in [1.29, 1.82) is 0 Å². The lowest BCUT2D eigenvalue weighted by Gasteiger charge is -2.24. The molecular weight excluding hydrogens is 751 g/mol. The summed E-state index contributed by atoms with van der Waals surface area (Å²) < 4.78 is 217. The van der Waals surface area contributed by atoms with Crippen LogP contribution in [0.2, 0.25) is 10.0 Å². The molecule has 2 rings (SSSR count). The monoisotopic (exact) mass is 762 g/mol. The Kier molecular flexibility index (Phi) is 9.42. The third-order valence-corrected chi connectivity index (χ3v) is 11.4. The van der Waals surface area contributed by atoms with Crippen LogP contribution in [0.3, 0.4) is 0 Å². The average molecular weight is 764 g/mol. The second-order valence-corrected chi connectivity index (χ2v) is 16.2. The molecule has 0 bridgehead atoms. The minimum Gasteiger partial charge on any atom is -0.494 e. The van der Waals surface area contributed by atoms with Gasteiger partial charge in [0.25, 0.3) is 60.7 Å². The van der Waals surface area contributed by atoms with Crippen LogP contribution in [0.25, 0.3) is 11.1 Å². The Morgan fingerprint density at radius 2 is 0.595 bits per heavy atom. The van der Waals surface area contributed by atoms with Gasteiger partial charge in [-0.2, -0.15) is 50.5 Å². The van der Waals surface area contributed by atoms with Gasteiger partial charge in [0.05, 0.1) is 14.2 Å². The summed E-state index contributed by atoms with van der Waals surface area (Å²) >= 11 is 11.4. The quantitative estimate of drug-likeness (QED) is 0.185. The maximum Gasteiger partial charge on any atom is 0.298 e. The Labute approximate surface area is 246 Å². The van der Waals surface area contributed by atoms with E-state index in [-0.39, 0.29) is 0 Å². The molecule has 0 atom stereocenters. The van der Waals surface area contributed by atoms with Crippen LogP contribution in [0.4, 0.5) is 0 Å². The largest absolute Gasteiger partial charge is 0.494 e. The number of ether oxygens (including phenoxy) is 2. The molecule has 0 aromatic heterocycles. The van der Waals surface area contributed by atoms with Gasteiger partial charge in [-0.05, 0) is 0 Å². The minimum absolute atomic E-state index is 0.417. The summed E-state index contributed by atoms with van der Waals surface area (Å²) in [5.41, 5.74) is -4.93. The molecule has 28 heteroatoms. The van der Waals surface area contributed by atoms with Crippen LogP contribution in [0.5, 0.6) is 11.5 Å². The first-order chi connectivity index (χ1) is 18.5. The molecule has 0 fully saturated rings. The zero-order chi connectivity index (χ0) is 33.3. The van der Waals surface area contributed by atoms with E-state index < -0.39 is 123 Å². The number of rotatable bonds is 9. The van der Waals surface area contributed by atoms with Crippen molar-refractivity contribution in [2.24, 2.45) is 0 Å². The lowest BCUT2D eigenvalue weighted by Crippen LogP contribution is -2.20. The molecular formula is C14H12Cl2O20S6. The van der Waals surface area contributed by atoms with E-state index in [9.17, 15) is 77.8 Å². The highest BCUT2D eigenvalue weighted by Gasteiger charge is 2.47. The standard InChI is InChI=1S/C14H12Cl2O20S6/c1-35-7-5(15)13(41(29,30)31)11(39(23,24)25)3(9(7)37(17,18)19)4-10(38(20,21)22)8(36-2)6(16)14(42(32,33)34)12(4)40(26,27)28/h1-2H3,(H,17,18,19)(H,20,21,22)(H,23,24,25)(H,26,27,28)(H,29,30,31)(H,32,33,34). The predicted octanol–water partition coefficient (Wildman–Crippen LogP) is 0.158. The summed E-state index contributed by atoms with van der Waals surface area (Å²) in [6, 6.07) is 0. The number of halogens is 2. The molecule has 0 aliphatic rings. The fourth-order valence-corrected chi connectivity index (χ4v) is 10.9. The summed E-state index contributed by atoms with van der Waals surface area (Å²) in [4.78, 5) is -14.5. The lowest BCUT2D eigenvalue weighted by molar-refractivity contribution is 0.391. The maximum atomic E-state index is 12.5. The highest BCUT2D eigenvalue weighted by molar-refractivity contribution is 7.90. The van der Waals surface area contributed by atoms with E-state index in [0.29, 0.717) is 14.2 Å². The average Bonchev–Trinajstić information content (AvgIpc) is 2.72. The van der Waals surface area contributed by atoms with E-state index in [4.69, 9.17) is 23.2 Å². The molecule has 20 nitrogen and oxygen atoms in total. The Morgan fingerprint density at radius 1 is 0.405 bits per heavy atom. The Bertz CT molecular complexity index is 2040. The van der Waals surface area contributed by atoms with Crippen LogP contribution in [0, 0.1) is 0 Å². The van der Waals surface area contributed by atoms with Crippen molar-refractivity contribution in [2.45, 2.75) is 29.4 Å². The molecule has 0 radical (unpaired) electrons. The van der Waals surface area contributed by atoms with E-state index in [1.54, 1.807) is 0 Å². The first kappa shape index (κ1) is 36.3. The summed E-state index contributed by atoms with van der Waals surface area (Å²) in [7, 11) is -37.2. The van der Waals surface area contributed by atoms with Crippen LogP contribution in [0.15, 0.2) is 29.4 Å². The van der Waals surface area contributed by atoms with E-state index in [1.807, 2.05) is 0 Å². The minimum atomic E-state index is -6.52. The molecule has 0 amide bonds. The van der Waals surface area contributed by atoms with Gasteiger partial charge in [-0.15, -0.1) is 0 Å². The molecule has 0 spiro atoms. The van der Waals surface area contributed by atoms with E-state index in [0.717, 1.165) is 0 Å². The molecule has 2 aromatic carbocycles. The van der Waals surface area contributed by atoms with Gasteiger partial charge in [0, 0.05) is 11.1 Å². The van der Waals surface area contributed by atoms with Gasteiger partial charge in [-0.25, -0.2) is 0 Å². The smallest absolute Gasteiger partial charge is 0.298 e. The predicted molar refractivity (Wildman–Crippen MR) is 134 cm³/mol. The van der Waals surface area contributed by atoms with E-state index >= 15 is 0 Å². The van der Waals surface area contributed by atoms with Crippen molar-refractivity contribution in [3.8, 4) is 22.6 Å². The van der Waals surface area contributed by atoms with E-state index in [1.165, 1.54) is 0 Å². The Morgan fingerprint density at radius 3 is 0.738 bits per heavy atom. The van der Waals surface area contributed by atoms with E-state index in [2.05, 4.69) is 9.47 Å². The summed E-state index contributed by atoms with van der Waals surface area (Å²) in [5, 5.41) is -3.61. The van der Waals surface area contributed by atoms with Gasteiger partial charge in [0.2, 0.25) is 0 Å². The van der Waals surface area contributed by atoms with Gasteiger partial charge in [0.1, 0.15) is 39.4 Å². The fourth-order valence-electron chi connectivity index (χ4n) is 3.53. The second kappa shape index (κ2) is 10.9. The molecule has 6 N–H and O–H groups in total. The van der Waals surface area contributed by atoms with Crippen LogP contribution < -0.4 is 9.47 Å². The van der Waals surface area contributed by atoms with Gasteiger partial charge >= 0.3 is 0 Å². The lowest BCUT2D eigenvalue weighted by atomic mass is 10.0. The normalized spacial score (nSPS) is 13.7. The first-order valence-corrected chi connectivity index (χ1v) is 18.6. The van der Waals surface area contributed by atoms with Gasteiger partial charge in [-0.3, -0.25) is 27.3 Å². The van der Waals surface area contributed by atoms with Crippen molar-refractivity contribution < 1.29 is 87.3 Å². The molecule has 0 aliphatic carbocycles. The summed E-state index contributed by atoms with van der Waals surface area (Å²) in [5.74, 6) is -3.53. The van der Waals surface area contributed by atoms with Crippen molar-refractivity contribution in [3.05, 3.63) is 10.0 Å². The molecule has 0 heterocycles. The van der Waals surface area contributed by atoms with Gasteiger partial charge in [-0.1, -0.05) is 23.2 Å². The molecule has 42 heavy (non-hydrogen) atoms. The number of methoxy groups -OCH3 is 2. The van der Waals surface area contributed by atoms with Crippen molar-refractivity contribution in [1.82, 2.24) is 0 Å². The number of benzene rings is 2. The molecule has 238 valence electrons.